The zero-order valence-electron chi connectivity index (χ0n) is 21.0. The van der Waals surface area contributed by atoms with Crippen molar-refractivity contribution in [1.82, 2.24) is 43.9 Å². The van der Waals surface area contributed by atoms with Gasteiger partial charge in [0.15, 0.2) is 5.82 Å². The number of nitrogens with zero attached hydrogens (tertiary/aromatic N) is 9. The first-order valence-electron chi connectivity index (χ1n) is 11.9. The molecule has 0 aliphatic carbocycles. The quantitative estimate of drug-likeness (QED) is 0.361. The molecule has 1 aromatic carbocycles. The molecule has 1 saturated heterocycles. The standard InChI is InChI=1S/C23H26F3N9O2S/c1-15-8-19-17(11-30-35(19)21-9-16(2)27-14-28-21)10-18(15)20-13-34(7-6-33(20)5-4-23(24,25)26)38(36,37)22-12-29-32(3)31-22/h8-12,14,20H,4-7,13H2,1-3H3. The summed E-state index contributed by atoms with van der Waals surface area (Å²) in [5, 5.41) is 12.8. The van der Waals surface area contributed by atoms with Crippen LogP contribution in [-0.4, -0.2) is 84.7 Å². The third-order valence-corrected chi connectivity index (χ3v) is 8.37. The Morgan fingerprint density at radius 1 is 1.05 bits per heavy atom. The number of aryl methyl sites for hydroxylation is 3. The van der Waals surface area contributed by atoms with E-state index in [2.05, 4.69) is 25.3 Å². The third-order valence-electron chi connectivity index (χ3n) is 6.64. The molecule has 0 radical (unpaired) electrons. The van der Waals surface area contributed by atoms with Gasteiger partial charge in [-0.05, 0) is 37.1 Å². The van der Waals surface area contributed by atoms with Gasteiger partial charge in [0.05, 0.1) is 24.3 Å². The zero-order valence-corrected chi connectivity index (χ0v) is 21.8. The van der Waals surface area contributed by atoms with E-state index in [9.17, 15) is 21.6 Å². The molecular formula is C23H26F3N9O2S. The Kier molecular flexibility index (Phi) is 6.69. The number of benzene rings is 1. The van der Waals surface area contributed by atoms with Crippen LogP contribution in [0.25, 0.3) is 16.7 Å². The van der Waals surface area contributed by atoms with Crippen molar-refractivity contribution < 1.29 is 21.6 Å². The Morgan fingerprint density at radius 2 is 1.84 bits per heavy atom. The van der Waals surface area contributed by atoms with E-state index in [1.54, 1.807) is 21.8 Å². The molecule has 4 heterocycles. The van der Waals surface area contributed by atoms with Crippen molar-refractivity contribution in [2.45, 2.75) is 37.5 Å². The van der Waals surface area contributed by atoms with E-state index in [4.69, 9.17) is 0 Å². The van der Waals surface area contributed by atoms with E-state index in [1.165, 1.54) is 23.9 Å². The number of piperazine rings is 1. The maximum absolute atomic E-state index is 13.3. The van der Waals surface area contributed by atoms with E-state index in [-0.39, 0.29) is 31.2 Å². The summed E-state index contributed by atoms with van der Waals surface area (Å²) in [6.45, 7) is 3.61. The van der Waals surface area contributed by atoms with Crippen LogP contribution in [0.4, 0.5) is 13.2 Å². The molecule has 1 fully saturated rings. The highest BCUT2D eigenvalue weighted by atomic mass is 32.2. The molecule has 1 unspecified atom stereocenters. The molecule has 0 spiro atoms. The second-order valence-electron chi connectivity index (χ2n) is 9.29. The summed E-state index contributed by atoms with van der Waals surface area (Å²) in [5.41, 5.74) is 3.08. The van der Waals surface area contributed by atoms with E-state index < -0.39 is 28.7 Å². The first-order chi connectivity index (χ1) is 17.9. The number of alkyl halides is 3. The highest BCUT2D eigenvalue weighted by molar-refractivity contribution is 7.89. The minimum atomic E-state index is -4.33. The molecule has 38 heavy (non-hydrogen) atoms. The fourth-order valence-corrected chi connectivity index (χ4v) is 6.04. The van der Waals surface area contributed by atoms with Crippen LogP contribution in [-0.2, 0) is 17.1 Å². The molecule has 0 saturated carbocycles. The van der Waals surface area contributed by atoms with E-state index >= 15 is 0 Å². The maximum atomic E-state index is 13.3. The van der Waals surface area contributed by atoms with E-state index in [0.717, 1.165) is 32.5 Å². The summed E-state index contributed by atoms with van der Waals surface area (Å²) in [6.07, 6.45) is -1.05. The number of hydrogen-bond donors (Lipinski definition) is 0. The average molecular weight is 550 g/mol. The van der Waals surface area contributed by atoms with Gasteiger partial charge in [-0.1, -0.05) is 0 Å². The molecule has 3 aromatic heterocycles. The van der Waals surface area contributed by atoms with Gasteiger partial charge in [0.2, 0.25) is 5.03 Å². The van der Waals surface area contributed by atoms with Gasteiger partial charge in [0, 0.05) is 56.4 Å². The molecule has 0 N–H and O–H groups in total. The van der Waals surface area contributed by atoms with Gasteiger partial charge < -0.3 is 0 Å². The largest absolute Gasteiger partial charge is 0.390 e. The molecule has 202 valence electrons. The van der Waals surface area contributed by atoms with Crippen LogP contribution in [0, 0.1) is 13.8 Å². The number of rotatable bonds is 6. The fraction of sp³-hybridized carbons (Fsp3) is 0.435. The van der Waals surface area contributed by atoms with Crippen LogP contribution < -0.4 is 0 Å². The summed E-state index contributed by atoms with van der Waals surface area (Å²) in [4.78, 5) is 11.3. The third kappa shape index (κ3) is 5.13. The Morgan fingerprint density at radius 3 is 2.53 bits per heavy atom. The summed E-state index contributed by atoms with van der Waals surface area (Å²) >= 11 is 0. The molecule has 1 aliphatic rings. The Hall–Kier alpha value is -3.43. The molecule has 11 nitrogen and oxygen atoms in total. The van der Waals surface area contributed by atoms with Crippen molar-refractivity contribution in [3.05, 3.63) is 53.7 Å². The number of sulfonamides is 1. The predicted octanol–water partition coefficient (Wildman–Crippen LogP) is 2.56. The van der Waals surface area contributed by atoms with Crippen LogP contribution in [0.2, 0.25) is 0 Å². The van der Waals surface area contributed by atoms with E-state index in [0.29, 0.717) is 5.82 Å². The topological polar surface area (TPSA) is 115 Å². The summed E-state index contributed by atoms with van der Waals surface area (Å²) in [6, 6.07) is 4.95. The first kappa shape index (κ1) is 26.2. The number of hydrogen-bond acceptors (Lipinski definition) is 8. The first-order valence-corrected chi connectivity index (χ1v) is 13.3. The summed E-state index contributed by atoms with van der Waals surface area (Å²) in [5.74, 6) is 0.588. The van der Waals surface area contributed by atoms with Crippen molar-refractivity contribution in [3.8, 4) is 5.82 Å². The highest BCUT2D eigenvalue weighted by Gasteiger charge is 2.38. The Labute approximate surface area is 216 Å². The smallest absolute Gasteiger partial charge is 0.293 e. The van der Waals surface area contributed by atoms with Gasteiger partial charge >= 0.3 is 6.18 Å². The van der Waals surface area contributed by atoms with Crippen LogP contribution in [0.5, 0.6) is 0 Å². The van der Waals surface area contributed by atoms with Gasteiger partial charge in [-0.2, -0.15) is 32.5 Å². The van der Waals surface area contributed by atoms with Crippen molar-refractivity contribution >= 4 is 20.9 Å². The van der Waals surface area contributed by atoms with Crippen LogP contribution in [0.3, 0.4) is 0 Å². The Balaban J connectivity index is 1.53. The minimum Gasteiger partial charge on any atom is -0.293 e. The molecule has 15 heteroatoms. The average Bonchev–Trinajstić information content (AvgIpc) is 3.48. The molecule has 5 rings (SSSR count). The molecule has 0 amide bonds. The molecular weight excluding hydrogens is 523 g/mol. The molecule has 1 atom stereocenters. The van der Waals surface area contributed by atoms with Crippen molar-refractivity contribution in [3.63, 3.8) is 0 Å². The maximum Gasteiger partial charge on any atom is 0.390 e. The van der Waals surface area contributed by atoms with Gasteiger partial charge in [-0.25, -0.2) is 23.1 Å². The van der Waals surface area contributed by atoms with Crippen molar-refractivity contribution in [2.75, 3.05) is 26.2 Å². The van der Waals surface area contributed by atoms with Gasteiger partial charge in [0.1, 0.15) is 6.33 Å². The number of aromatic nitrogens is 7. The lowest BCUT2D eigenvalue weighted by Crippen LogP contribution is -2.51. The number of fused-ring (bicyclic) bond motifs is 1. The number of halogens is 3. The molecule has 4 aromatic rings. The fourth-order valence-electron chi connectivity index (χ4n) is 4.72. The summed E-state index contributed by atoms with van der Waals surface area (Å²) in [7, 11) is -2.47. The molecule has 0 bridgehead atoms. The monoisotopic (exact) mass is 549 g/mol. The summed E-state index contributed by atoms with van der Waals surface area (Å²) < 4.78 is 68.9. The van der Waals surface area contributed by atoms with Gasteiger partial charge in [-0.3, -0.25) is 4.90 Å². The lowest BCUT2D eigenvalue weighted by molar-refractivity contribution is -0.140. The normalized spacial score (nSPS) is 17.9. The van der Waals surface area contributed by atoms with Gasteiger partial charge in [-0.15, -0.1) is 5.10 Å². The van der Waals surface area contributed by atoms with Gasteiger partial charge in [0.25, 0.3) is 10.0 Å². The van der Waals surface area contributed by atoms with Crippen LogP contribution in [0.15, 0.2) is 41.9 Å². The minimum absolute atomic E-state index is 0.0254. The zero-order chi connectivity index (χ0) is 27.2. The lowest BCUT2D eigenvalue weighted by Gasteiger charge is -2.41. The predicted molar refractivity (Wildman–Crippen MR) is 131 cm³/mol. The van der Waals surface area contributed by atoms with Crippen molar-refractivity contribution in [1.29, 1.82) is 0 Å². The Bertz CT molecular complexity index is 1580. The van der Waals surface area contributed by atoms with Crippen LogP contribution in [0.1, 0.15) is 29.3 Å². The molecule has 1 aliphatic heterocycles. The second kappa shape index (κ2) is 9.71. The SMILES string of the molecule is Cc1cc(-n2ncc3cc(C4CN(S(=O)(=O)c5cnn(C)n5)CCN4CCC(F)(F)F)c(C)cc32)ncn1. The van der Waals surface area contributed by atoms with E-state index in [1.807, 2.05) is 26.0 Å². The van der Waals surface area contributed by atoms with Crippen molar-refractivity contribution in [2.24, 2.45) is 7.05 Å². The lowest BCUT2D eigenvalue weighted by atomic mass is 9.96. The highest BCUT2D eigenvalue weighted by Crippen LogP contribution is 2.34. The second-order valence-corrected chi connectivity index (χ2v) is 11.2. The van der Waals surface area contributed by atoms with Crippen LogP contribution >= 0.6 is 0 Å².